The van der Waals surface area contributed by atoms with Crippen molar-refractivity contribution in [2.75, 3.05) is 7.11 Å². The number of methoxy groups -OCH3 is 1. The van der Waals surface area contributed by atoms with E-state index in [1.165, 1.54) is 24.3 Å². The largest absolute Gasteiger partial charge is 0.467 e. The van der Waals surface area contributed by atoms with Gasteiger partial charge in [-0.2, -0.15) is 0 Å². The van der Waals surface area contributed by atoms with E-state index in [9.17, 15) is 35.2 Å². The molecule has 2 rings (SSSR count). The quantitative estimate of drug-likeness (QED) is 0.446. The van der Waals surface area contributed by atoms with E-state index in [2.05, 4.69) is 4.74 Å². The number of ether oxygens (including phenoxy) is 1. The fourth-order valence-corrected chi connectivity index (χ4v) is 2.50. The number of non-ortho nitro benzene ring substituents is 1. The first-order chi connectivity index (χ1) is 12.2. The lowest BCUT2D eigenvalue weighted by atomic mass is 9.84. The van der Waals surface area contributed by atoms with Gasteiger partial charge < -0.3 is 14.9 Å². The van der Waals surface area contributed by atoms with Crippen molar-refractivity contribution in [3.8, 4) is 0 Å². The molecule has 10 nitrogen and oxygen atoms in total. The zero-order chi connectivity index (χ0) is 19.5. The molecule has 0 saturated carbocycles. The third-order valence-electron chi connectivity index (χ3n) is 3.82. The second kappa shape index (κ2) is 7.25. The van der Waals surface area contributed by atoms with E-state index in [1.54, 1.807) is 6.07 Å². The van der Waals surface area contributed by atoms with Gasteiger partial charge in [-0.15, -0.1) is 0 Å². The molecule has 2 aromatic rings. The molecule has 26 heavy (non-hydrogen) atoms. The van der Waals surface area contributed by atoms with Gasteiger partial charge in [-0.1, -0.05) is 30.3 Å². The molecular formula is C16H14N2O8. The van der Waals surface area contributed by atoms with Crippen LogP contribution in [0.1, 0.15) is 17.2 Å². The summed E-state index contributed by atoms with van der Waals surface area (Å²) in [5.74, 6) is -1.25. The van der Waals surface area contributed by atoms with E-state index in [0.717, 1.165) is 19.2 Å². The molecule has 0 aliphatic heterocycles. The van der Waals surface area contributed by atoms with E-state index < -0.39 is 44.5 Å². The molecule has 0 fully saturated rings. The normalized spacial score (nSPS) is 14.1. The number of aliphatic hydroxyl groups is 2. The number of nitrogens with zero attached hydrogens (tertiary/aromatic N) is 2. The van der Waals surface area contributed by atoms with Gasteiger partial charge in [0.2, 0.25) is 5.60 Å². The summed E-state index contributed by atoms with van der Waals surface area (Å²) in [7, 11) is 0.979. The van der Waals surface area contributed by atoms with Gasteiger partial charge in [0, 0.05) is 6.07 Å². The fraction of sp³-hybridized carbons (Fsp3) is 0.188. The first-order valence-electron chi connectivity index (χ1n) is 7.20. The van der Waals surface area contributed by atoms with Crippen molar-refractivity contribution in [3.05, 3.63) is 79.9 Å². The Kier molecular flexibility index (Phi) is 5.29. The summed E-state index contributed by atoms with van der Waals surface area (Å²) < 4.78 is 4.55. The Bertz CT molecular complexity index is 855. The van der Waals surface area contributed by atoms with Crippen molar-refractivity contribution >= 4 is 17.3 Å². The van der Waals surface area contributed by atoms with Crippen LogP contribution in [0.25, 0.3) is 0 Å². The van der Waals surface area contributed by atoms with Gasteiger partial charge in [-0.05, 0) is 11.6 Å². The maximum Gasteiger partial charge on any atom is 0.345 e. The number of nitro groups is 2. The Labute approximate surface area is 146 Å². The minimum atomic E-state index is -2.66. The lowest BCUT2D eigenvalue weighted by molar-refractivity contribution is -0.395. The number of aliphatic hydroxyl groups excluding tert-OH is 1. The molecule has 2 atom stereocenters. The van der Waals surface area contributed by atoms with Crippen LogP contribution in [0.4, 0.5) is 11.4 Å². The molecule has 2 N–H and O–H groups in total. The van der Waals surface area contributed by atoms with Gasteiger partial charge >= 0.3 is 5.97 Å². The molecule has 0 heterocycles. The van der Waals surface area contributed by atoms with Gasteiger partial charge in [0.1, 0.15) is 6.10 Å². The summed E-state index contributed by atoms with van der Waals surface area (Å²) >= 11 is 0. The fourth-order valence-electron chi connectivity index (χ4n) is 2.50. The lowest BCUT2D eigenvalue weighted by Crippen LogP contribution is -2.43. The van der Waals surface area contributed by atoms with Crippen LogP contribution >= 0.6 is 0 Å². The van der Waals surface area contributed by atoms with Crippen molar-refractivity contribution in [1.82, 2.24) is 0 Å². The van der Waals surface area contributed by atoms with Gasteiger partial charge in [0.25, 0.3) is 11.4 Å². The van der Waals surface area contributed by atoms with Gasteiger partial charge in [0.05, 0.1) is 28.6 Å². The van der Waals surface area contributed by atoms with Crippen LogP contribution in [0.5, 0.6) is 0 Å². The van der Waals surface area contributed by atoms with Gasteiger partial charge in [-0.3, -0.25) is 20.2 Å². The number of nitro benzene ring substituents is 2. The molecule has 2 aromatic carbocycles. The topological polar surface area (TPSA) is 153 Å². The molecule has 10 heteroatoms. The molecule has 2 unspecified atom stereocenters. The summed E-state index contributed by atoms with van der Waals surface area (Å²) in [6.07, 6.45) is -2.11. The standard InChI is InChI=1S/C16H14N2O8/c1-26-15(20)16(21,10-5-3-2-4-6-10)14(19)12-8-7-11(17(22)23)9-13(12)18(24)25/h2-9,14,19,21H,1H3. The van der Waals surface area contributed by atoms with E-state index in [4.69, 9.17) is 0 Å². The van der Waals surface area contributed by atoms with Crippen molar-refractivity contribution in [2.45, 2.75) is 11.7 Å². The predicted molar refractivity (Wildman–Crippen MR) is 87.1 cm³/mol. The number of hydrogen-bond acceptors (Lipinski definition) is 8. The summed E-state index contributed by atoms with van der Waals surface area (Å²) in [6.45, 7) is 0. The van der Waals surface area contributed by atoms with E-state index >= 15 is 0 Å². The molecule has 0 aliphatic rings. The average Bonchev–Trinajstić information content (AvgIpc) is 2.66. The maximum absolute atomic E-state index is 12.2. The van der Waals surface area contributed by atoms with Crippen molar-refractivity contribution < 1.29 is 29.6 Å². The molecule has 0 aromatic heterocycles. The third kappa shape index (κ3) is 3.23. The Morgan fingerprint density at radius 1 is 1.12 bits per heavy atom. The smallest absolute Gasteiger partial charge is 0.345 e. The van der Waals surface area contributed by atoms with Crippen LogP contribution in [-0.4, -0.2) is 33.1 Å². The molecule has 136 valence electrons. The summed E-state index contributed by atoms with van der Waals surface area (Å²) in [5.41, 5.74) is -4.58. The average molecular weight is 362 g/mol. The summed E-state index contributed by atoms with van der Waals surface area (Å²) in [4.78, 5) is 32.5. The summed E-state index contributed by atoms with van der Waals surface area (Å²) in [5, 5.41) is 43.6. The molecule has 0 bridgehead atoms. The second-order valence-corrected chi connectivity index (χ2v) is 5.28. The van der Waals surface area contributed by atoms with Gasteiger partial charge in [-0.25, -0.2) is 4.79 Å². The number of carbonyl (C=O) groups is 1. The number of esters is 1. The van der Waals surface area contributed by atoms with Crippen LogP contribution in [0.3, 0.4) is 0 Å². The van der Waals surface area contributed by atoms with Crippen molar-refractivity contribution in [2.24, 2.45) is 0 Å². The predicted octanol–water partition coefficient (Wildman–Crippen LogP) is 1.60. The highest BCUT2D eigenvalue weighted by Crippen LogP contribution is 2.40. The van der Waals surface area contributed by atoms with E-state index in [1.807, 2.05) is 0 Å². The van der Waals surface area contributed by atoms with Crippen molar-refractivity contribution in [3.63, 3.8) is 0 Å². The molecule has 0 radical (unpaired) electrons. The molecular weight excluding hydrogens is 348 g/mol. The molecule has 0 amide bonds. The number of carbonyl (C=O) groups excluding carboxylic acids is 1. The first kappa shape index (κ1) is 19.0. The molecule has 0 aliphatic carbocycles. The Balaban J connectivity index is 2.67. The number of benzene rings is 2. The van der Waals surface area contributed by atoms with E-state index in [-0.39, 0.29) is 5.56 Å². The van der Waals surface area contributed by atoms with Crippen LogP contribution in [-0.2, 0) is 15.1 Å². The minimum Gasteiger partial charge on any atom is -0.467 e. The monoisotopic (exact) mass is 362 g/mol. The highest BCUT2D eigenvalue weighted by molar-refractivity contribution is 5.82. The third-order valence-corrected chi connectivity index (χ3v) is 3.82. The zero-order valence-electron chi connectivity index (χ0n) is 13.4. The zero-order valence-corrected chi connectivity index (χ0v) is 13.4. The molecule has 0 spiro atoms. The summed E-state index contributed by atoms with van der Waals surface area (Å²) in [6, 6.07) is 9.71. The van der Waals surface area contributed by atoms with Crippen molar-refractivity contribution in [1.29, 1.82) is 0 Å². The van der Waals surface area contributed by atoms with E-state index in [0.29, 0.717) is 6.07 Å². The SMILES string of the molecule is COC(=O)C(O)(c1ccccc1)C(O)c1ccc([N+](=O)[O-])cc1[N+](=O)[O-]. The van der Waals surface area contributed by atoms with Crippen LogP contribution in [0.15, 0.2) is 48.5 Å². The van der Waals surface area contributed by atoms with Gasteiger partial charge in [0.15, 0.2) is 0 Å². The second-order valence-electron chi connectivity index (χ2n) is 5.28. The Morgan fingerprint density at radius 3 is 2.23 bits per heavy atom. The Hall–Kier alpha value is -3.37. The lowest BCUT2D eigenvalue weighted by Gasteiger charge is -2.30. The van der Waals surface area contributed by atoms with Crippen LogP contribution < -0.4 is 0 Å². The minimum absolute atomic E-state index is 0.0630. The van der Waals surface area contributed by atoms with Crippen LogP contribution in [0.2, 0.25) is 0 Å². The highest BCUT2D eigenvalue weighted by Gasteiger charge is 2.49. The maximum atomic E-state index is 12.2. The number of hydrogen-bond donors (Lipinski definition) is 2. The molecule has 0 saturated heterocycles. The first-order valence-corrected chi connectivity index (χ1v) is 7.20. The highest BCUT2D eigenvalue weighted by atomic mass is 16.6. The van der Waals surface area contributed by atoms with Crippen LogP contribution in [0, 0.1) is 20.2 Å². The Morgan fingerprint density at radius 2 is 1.73 bits per heavy atom. The number of rotatable bonds is 6.